The normalized spacial score (nSPS) is 10.8. The smallest absolute Gasteiger partial charge is 0.320 e. The fraction of sp³-hybridized carbons (Fsp3) is 0.235. The summed E-state index contributed by atoms with van der Waals surface area (Å²) in [6, 6.07) is 7.80. The van der Waals surface area contributed by atoms with Gasteiger partial charge in [0.1, 0.15) is 6.04 Å². The summed E-state index contributed by atoms with van der Waals surface area (Å²) in [6.45, 7) is 0.546. The van der Waals surface area contributed by atoms with Gasteiger partial charge >= 0.3 is 5.97 Å². The summed E-state index contributed by atoms with van der Waals surface area (Å²) in [6.07, 6.45) is 0.830. The number of aromatic hydroxyl groups is 4. The Hall–Kier alpha value is -2.68. The number of carboxylic acids is 1. The van der Waals surface area contributed by atoms with Crippen LogP contribution in [-0.2, 0) is 17.6 Å². The molecule has 0 spiro atoms. The Balaban J connectivity index is 0.000000475. The van der Waals surface area contributed by atoms with Crippen molar-refractivity contribution in [3.05, 3.63) is 47.5 Å². The summed E-state index contributed by atoms with van der Waals surface area (Å²) in [7, 11) is 0. The molecule has 0 bridgehead atoms. The Morgan fingerprint density at radius 2 is 1.35 bits per heavy atom. The fourth-order valence-corrected chi connectivity index (χ4v) is 1.93. The summed E-state index contributed by atoms with van der Waals surface area (Å²) in [4.78, 5) is 10.4. The third kappa shape index (κ3) is 7.47. The van der Waals surface area contributed by atoms with Crippen molar-refractivity contribution in [2.75, 3.05) is 6.54 Å². The lowest BCUT2D eigenvalue weighted by atomic mass is 10.1. The van der Waals surface area contributed by atoms with Gasteiger partial charge < -0.3 is 37.0 Å². The maximum absolute atomic E-state index is 10.4. The lowest BCUT2D eigenvalue weighted by Crippen LogP contribution is -2.32. The first-order valence-electron chi connectivity index (χ1n) is 7.44. The van der Waals surface area contributed by atoms with E-state index in [2.05, 4.69) is 0 Å². The average molecular weight is 387 g/mol. The molecule has 9 N–H and O–H groups in total. The molecule has 1 atom stereocenters. The van der Waals surface area contributed by atoms with Gasteiger partial charge in [-0.3, -0.25) is 4.79 Å². The van der Waals surface area contributed by atoms with Gasteiger partial charge in [-0.05, 0) is 54.8 Å². The molecule has 2 aromatic carbocycles. The molecule has 2 aromatic rings. The van der Waals surface area contributed by atoms with Crippen molar-refractivity contribution in [1.82, 2.24) is 0 Å². The van der Waals surface area contributed by atoms with E-state index in [0.717, 1.165) is 5.56 Å². The highest BCUT2D eigenvalue weighted by Gasteiger charge is 2.12. The summed E-state index contributed by atoms with van der Waals surface area (Å²) >= 11 is 0. The number of nitrogens with two attached hydrogens (primary N) is 2. The van der Waals surface area contributed by atoms with E-state index in [1.54, 1.807) is 6.07 Å². The lowest BCUT2D eigenvalue weighted by Gasteiger charge is -2.06. The van der Waals surface area contributed by atoms with Gasteiger partial charge in [0.15, 0.2) is 23.0 Å². The number of phenols is 4. The van der Waals surface area contributed by atoms with Crippen molar-refractivity contribution in [3.63, 3.8) is 0 Å². The largest absolute Gasteiger partial charge is 0.504 e. The van der Waals surface area contributed by atoms with Crippen LogP contribution in [0.1, 0.15) is 11.1 Å². The first kappa shape index (κ1) is 23.3. The zero-order chi connectivity index (χ0) is 19.0. The third-order valence-corrected chi connectivity index (χ3v) is 3.29. The molecule has 2 rings (SSSR count). The number of phenolic OH excluding ortho intramolecular Hbond substituents is 4. The monoisotopic (exact) mass is 386 g/mol. The molecule has 26 heavy (non-hydrogen) atoms. The van der Waals surface area contributed by atoms with Crippen LogP contribution in [0.5, 0.6) is 23.0 Å². The molecule has 0 aliphatic heterocycles. The Morgan fingerprint density at radius 3 is 1.77 bits per heavy atom. The van der Waals surface area contributed by atoms with Crippen LogP contribution in [0.25, 0.3) is 0 Å². The van der Waals surface area contributed by atoms with Crippen LogP contribution in [-0.4, -0.2) is 44.1 Å². The molecule has 144 valence electrons. The van der Waals surface area contributed by atoms with Crippen molar-refractivity contribution in [1.29, 1.82) is 0 Å². The van der Waals surface area contributed by atoms with E-state index in [-0.39, 0.29) is 41.8 Å². The highest BCUT2D eigenvalue weighted by molar-refractivity contribution is 5.85. The number of halogens is 1. The number of hydrogen-bond donors (Lipinski definition) is 7. The van der Waals surface area contributed by atoms with Gasteiger partial charge in [-0.25, -0.2) is 0 Å². The second kappa shape index (κ2) is 11.0. The van der Waals surface area contributed by atoms with E-state index in [1.807, 2.05) is 0 Å². The first-order chi connectivity index (χ1) is 11.7. The molecular formula is C17H23ClN2O6. The number of carbonyl (C=O) groups is 1. The first-order valence-corrected chi connectivity index (χ1v) is 7.44. The minimum atomic E-state index is -1.10. The van der Waals surface area contributed by atoms with Gasteiger partial charge in [-0.15, -0.1) is 12.4 Å². The number of aliphatic carboxylic acids is 1. The molecule has 0 heterocycles. The molecule has 0 aromatic heterocycles. The molecule has 0 aliphatic rings. The zero-order valence-electron chi connectivity index (χ0n) is 13.9. The Morgan fingerprint density at radius 1 is 0.885 bits per heavy atom. The van der Waals surface area contributed by atoms with E-state index in [9.17, 15) is 4.79 Å². The predicted octanol–water partition coefficient (Wildman–Crippen LogP) is 1.07. The highest BCUT2D eigenvalue weighted by Crippen LogP contribution is 2.25. The summed E-state index contributed by atoms with van der Waals surface area (Å²) in [5, 5.41) is 44.6. The Kier molecular flexibility index (Phi) is 9.90. The van der Waals surface area contributed by atoms with E-state index >= 15 is 0 Å². The molecule has 0 aliphatic carbocycles. The quantitative estimate of drug-likeness (QED) is 0.374. The van der Waals surface area contributed by atoms with Gasteiger partial charge in [0.05, 0.1) is 0 Å². The van der Waals surface area contributed by atoms with Crippen molar-refractivity contribution in [3.8, 4) is 23.0 Å². The summed E-state index contributed by atoms with van der Waals surface area (Å²) < 4.78 is 0. The van der Waals surface area contributed by atoms with Crippen LogP contribution in [0.4, 0.5) is 0 Å². The van der Waals surface area contributed by atoms with Crippen molar-refractivity contribution in [2.24, 2.45) is 11.5 Å². The van der Waals surface area contributed by atoms with Gasteiger partial charge in [0.25, 0.3) is 0 Å². The van der Waals surface area contributed by atoms with Crippen LogP contribution in [0.15, 0.2) is 36.4 Å². The maximum Gasteiger partial charge on any atom is 0.320 e. The van der Waals surface area contributed by atoms with Gasteiger partial charge in [-0.1, -0.05) is 12.1 Å². The van der Waals surface area contributed by atoms with Crippen molar-refractivity contribution in [2.45, 2.75) is 18.9 Å². The van der Waals surface area contributed by atoms with Crippen molar-refractivity contribution < 1.29 is 30.3 Å². The Bertz CT molecular complexity index is 726. The third-order valence-electron chi connectivity index (χ3n) is 3.29. The van der Waals surface area contributed by atoms with Crippen molar-refractivity contribution >= 4 is 18.4 Å². The van der Waals surface area contributed by atoms with Crippen LogP contribution in [0, 0.1) is 0 Å². The molecule has 0 fully saturated rings. The molecule has 0 radical (unpaired) electrons. The molecular weight excluding hydrogens is 364 g/mol. The van der Waals surface area contributed by atoms with E-state index in [1.165, 1.54) is 30.3 Å². The lowest BCUT2D eigenvalue weighted by molar-refractivity contribution is -0.138. The molecule has 0 amide bonds. The van der Waals surface area contributed by atoms with Gasteiger partial charge in [-0.2, -0.15) is 0 Å². The zero-order valence-corrected chi connectivity index (χ0v) is 14.7. The number of carboxylic acid groups (broad SMARTS) is 1. The fourth-order valence-electron chi connectivity index (χ4n) is 1.93. The van der Waals surface area contributed by atoms with E-state index in [4.69, 9.17) is 37.0 Å². The van der Waals surface area contributed by atoms with Gasteiger partial charge in [0, 0.05) is 0 Å². The van der Waals surface area contributed by atoms with E-state index in [0.29, 0.717) is 18.5 Å². The van der Waals surface area contributed by atoms with Crippen LogP contribution in [0.2, 0.25) is 0 Å². The summed E-state index contributed by atoms with van der Waals surface area (Å²) in [5.74, 6) is -1.79. The maximum atomic E-state index is 10.4. The molecule has 0 saturated heterocycles. The minimum Gasteiger partial charge on any atom is -0.504 e. The average Bonchev–Trinajstić information content (AvgIpc) is 2.55. The standard InChI is InChI=1S/C9H11NO4.C8H11NO2.ClH/c10-6(9(13)14)3-5-1-2-7(11)8(12)4-5;9-4-3-6-1-2-7(10)8(11)5-6;/h1-2,4,6,11-12H,3,10H2,(H,13,14);1-2,5,10-11H,3-4,9H2;1H. The number of hydrogen-bond acceptors (Lipinski definition) is 7. The number of rotatable bonds is 5. The predicted molar refractivity (Wildman–Crippen MR) is 98.9 cm³/mol. The topological polar surface area (TPSA) is 170 Å². The second-order valence-corrected chi connectivity index (χ2v) is 5.33. The van der Waals surface area contributed by atoms with Gasteiger partial charge in [0.2, 0.25) is 0 Å². The molecule has 0 saturated carbocycles. The van der Waals surface area contributed by atoms with Crippen LogP contribution >= 0.6 is 12.4 Å². The molecule has 1 unspecified atom stereocenters. The molecule has 9 heteroatoms. The SMILES string of the molecule is Cl.NC(Cc1ccc(O)c(O)c1)C(=O)O.NCCc1ccc(O)c(O)c1. The Labute approximate surface area is 156 Å². The van der Waals surface area contributed by atoms with E-state index < -0.39 is 12.0 Å². The molecule has 8 nitrogen and oxygen atoms in total. The second-order valence-electron chi connectivity index (χ2n) is 5.33. The highest BCUT2D eigenvalue weighted by atomic mass is 35.5. The summed E-state index contributed by atoms with van der Waals surface area (Å²) in [5.41, 5.74) is 12.1. The number of benzene rings is 2. The van der Waals surface area contributed by atoms with Crippen LogP contribution in [0.3, 0.4) is 0 Å². The van der Waals surface area contributed by atoms with Crippen LogP contribution < -0.4 is 11.5 Å². The minimum absolute atomic E-state index is 0.